The Hall–Kier alpha value is -0.990. The highest BCUT2D eigenvalue weighted by atomic mass is 16.6. The molecule has 3 heteroatoms. The fraction of sp³-hybridized carbons (Fsp3) is 0.833. The molecule has 5 aliphatic rings. The largest absolute Gasteiger partial charge is 0.438 e. The Morgan fingerprint density at radius 2 is 1.57 bits per heavy atom. The monoisotopic (exact) mass is 289 g/mol. The molecule has 0 radical (unpaired) electrons. The Labute approximate surface area is 127 Å². The standard InChI is InChI=1S/C18H27NO2/c1-2-18(21-17(20)19-6-4-3-5-7-19)15-9-13-8-14(11-15)12-16(18)10-13/h2,13-16H,1,3-12H2. The van der Waals surface area contributed by atoms with Crippen molar-refractivity contribution in [1.29, 1.82) is 0 Å². The predicted octanol–water partition coefficient (Wildman–Crippen LogP) is 3.99. The Kier molecular flexibility index (Phi) is 3.27. The molecule has 5 rings (SSSR count). The maximum Gasteiger partial charge on any atom is 0.410 e. The van der Waals surface area contributed by atoms with E-state index in [4.69, 9.17) is 4.74 Å². The molecule has 21 heavy (non-hydrogen) atoms. The van der Waals surface area contributed by atoms with Crippen molar-refractivity contribution in [2.24, 2.45) is 23.7 Å². The van der Waals surface area contributed by atoms with E-state index in [-0.39, 0.29) is 11.7 Å². The van der Waals surface area contributed by atoms with Crippen LogP contribution in [-0.2, 0) is 4.74 Å². The zero-order valence-corrected chi connectivity index (χ0v) is 12.9. The highest BCUT2D eigenvalue weighted by Gasteiger charge is 2.58. The lowest BCUT2D eigenvalue weighted by Crippen LogP contribution is -2.59. The molecule has 0 aromatic heterocycles. The number of carbonyl (C=O) groups is 1. The summed E-state index contributed by atoms with van der Waals surface area (Å²) in [6.45, 7) is 5.82. The van der Waals surface area contributed by atoms with Crippen LogP contribution in [-0.4, -0.2) is 29.7 Å². The molecular weight excluding hydrogens is 262 g/mol. The molecule has 3 nitrogen and oxygen atoms in total. The molecule has 0 spiro atoms. The quantitative estimate of drug-likeness (QED) is 0.719. The number of carbonyl (C=O) groups excluding carboxylic acids is 1. The van der Waals surface area contributed by atoms with Crippen molar-refractivity contribution < 1.29 is 9.53 Å². The molecule has 0 aromatic rings. The van der Waals surface area contributed by atoms with Crippen molar-refractivity contribution >= 4 is 6.09 Å². The molecule has 4 bridgehead atoms. The van der Waals surface area contributed by atoms with Crippen LogP contribution < -0.4 is 0 Å². The molecular formula is C18H27NO2. The Bertz CT molecular complexity index is 410. The minimum absolute atomic E-state index is 0.0814. The second-order valence-electron chi connectivity index (χ2n) is 7.78. The zero-order chi connectivity index (χ0) is 14.4. The zero-order valence-electron chi connectivity index (χ0n) is 12.9. The van der Waals surface area contributed by atoms with Crippen molar-refractivity contribution in [2.75, 3.05) is 13.1 Å². The summed E-state index contributed by atoms with van der Waals surface area (Å²) < 4.78 is 6.17. The first-order chi connectivity index (χ1) is 10.2. The van der Waals surface area contributed by atoms with Crippen LogP contribution in [0.4, 0.5) is 4.79 Å². The van der Waals surface area contributed by atoms with Gasteiger partial charge in [-0.3, -0.25) is 0 Å². The minimum atomic E-state index is -0.359. The Balaban J connectivity index is 1.53. The lowest BCUT2D eigenvalue weighted by Gasteiger charge is -2.59. The maximum atomic E-state index is 12.6. The van der Waals surface area contributed by atoms with Crippen LogP contribution in [0.3, 0.4) is 0 Å². The topological polar surface area (TPSA) is 29.5 Å². The maximum absolute atomic E-state index is 12.6. The van der Waals surface area contributed by atoms with Crippen molar-refractivity contribution in [3.8, 4) is 0 Å². The molecule has 4 saturated carbocycles. The van der Waals surface area contributed by atoms with E-state index in [1.807, 2.05) is 11.0 Å². The van der Waals surface area contributed by atoms with Crippen LogP contribution in [0.5, 0.6) is 0 Å². The molecule has 0 unspecified atom stereocenters. The average Bonchev–Trinajstić information content (AvgIpc) is 2.51. The van der Waals surface area contributed by atoms with Gasteiger partial charge in [0.15, 0.2) is 0 Å². The number of nitrogens with zero attached hydrogens (tertiary/aromatic N) is 1. The summed E-state index contributed by atoms with van der Waals surface area (Å²) in [5.74, 6) is 2.82. The number of hydrogen-bond donors (Lipinski definition) is 0. The van der Waals surface area contributed by atoms with E-state index >= 15 is 0 Å². The van der Waals surface area contributed by atoms with Crippen LogP contribution in [0.1, 0.15) is 51.4 Å². The summed E-state index contributed by atoms with van der Waals surface area (Å²) in [6, 6.07) is 0. The van der Waals surface area contributed by atoms with Crippen molar-refractivity contribution in [1.82, 2.24) is 4.90 Å². The second kappa shape index (κ2) is 5.03. The van der Waals surface area contributed by atoms with Gasteiger partial charge in [-0.2, -0.15) is 0 Å². The van der Waals surface area contributed by atoms with Crippen LogP contribution >= 0.6 is 0 Å². The third-order valence-corrected chi connectivity index (χ3v) is 6.61. The summed E-state index contributed by atoms with van der Waals surface area (Å²) in [5.41, 5.74) is -0.359. The molecule has 0 N–H and O–H groups in total. The lowest BCUT2D eigenvalue weighted by molar-refractivity contribution is -0.150. The fourth-order valence-corrected chi connectivity index (χ4v) is 5.75. The summed E-state index contributed by atoms with van der Waals surface area (Å²) in [6.07, 6.45) is 11.8. The number of piperidine rings is 1. The third-order valence-electron chi connectivity index (χ3n) is 6.61. The molecule has 1 aliphatic heterocycles. The Morgan fingerprint density at radius 1 is 1.00 bits per heavy atom. The molecule has 5 fully saturated rings. The van der Waals surface area contributed by atoms with Gasteiger partial charge in [0.25, 0.3) is 0 Å². The fourth-order valence-electron chi connectivity index (χ4n) is 5.75. The summed E-state index contributed by atoms with van der Waals surface area (Å²) in [4.78, 5) is 14.5. The molecule has 1 heterocycles. The van der Waals surface area contributed by atoms with Gasteiger partial charge in [-0.25, -0.2) is 4.79 Å². The van der Waals surface area contributed by atoms with E-state index in [1.54, 1.807) is 0 Å². The minimum Gasteiger partial charge on any atom is -0.438 e. The third kappa shape index (κ3) is 2.11. The smallest absolute Gasteiger partial charge is 0.410 e. The first-order valence-electron chi connectivity index (χ1n) is 8.83. The van der Waals surface area contributed by atoms with Crippen LogP contribution in [0, 0.1) is 23.7 Å². The first-order valence-corrected chi connectivity index (χ1v) is 8.83. The number of hydrogen-bond acceptors (Lipinski definition) is 2. The van der Waals surface area contributed by atoms with Crippen LogP contribution in [0.2, 0.25) is 0 Å². The van der Waals surface area contributed by atoms with Gasteiger partial charge in [0.1, 0.15) is 5.60 Å². The molecule has 0 atom stereocenters. The van der Waals surface area contributed by atoms with Gasteiger partial charge in [0.2, 0.25) is 0 Å². The van der Waals surface area contributed by atoms with Crippen molar-refractivity contribution in [3.63, 3.8) is 0 Å². The van der Waals surface area contributed by atoms with Gasteiger partial charge >= 0.3 is 6.09 Å². The van der Waals surface area contributed by atoms with Gasteiger partial charge < -0.3 is 9.64 Å². The predicted molar refractivity (Wildman–Crippen MR) is 81.9 cm³/mol. The van der Waals surface area contributed by atoms with E-state index in [9.17, 15) is 4.79 Å². The average molecular weight is 289 g/mol. The van der Waals surface area contributed by atoms with E-state index < -0.39 is 0 Å². The number of likely N-dealkylation sites (tertiary alicyclic amines) is 1. The second-order valence-corrected chi connectivity index (χ2v) is 7.78. The van der Waals surface area contributed by atoms with Crippen LogP contribution in [0.25, 0.3) is 0 Å². The van der Waals surface area contributed by atoms with Gasteiger partial charge in [-0.1, -0.05) is 6.58 Å². The number of rotatable bonds is 2. The normalized spacial score (nSPS) is 44.7. The highest BCUT2D eigenvalue weighted by molar-refractivity contribution is 5.68. The summed E-state index contributed by atoms with van der Waals surface area (Å²) in [7, 11) is 0. The highest BCUT2D eigenvalue weighted by Crippen LogP contribution is 2.60. The molecule has 4 aliphatic carbocycles. The number of amides is 1. The van der Waals surface area contributed by atoms with Crippen LogP contribution in [0.15, 0.2) is 12.7 Å². The van der Waals surface area contributed by atoms with Gasteiger partial charge in [-0.15, -0.1) is 0 Å². The Morgan fingerprint density at radius 3 is 2.10 bits per heavy atom. The van der Waals surface area contributed by atoms with E-state index in [0.717, 1.165) is 37.8 Å². The summed E-state index contributed by atoms with van der Waals surface area (Å²) >= 11 is 0. The number of ether oxygens (including phenoxy) is 1. The van der Waals surface area contributed by atoms with Crippen molar-refractivity contribution in [2.45, 2.75) is 57.0 Å². The van der Waals surface area contributed by atoms with E-state index in [2.05, 4.69) is 6.58 Å². The lowest BCUT2D eigenvalue weighted by atomic mass is 9.50. The molecule has 1 amide bonds. The molecule has 0 aromatic carbocycles. The van der Waals surface area contributed by atoms with E-state index in [1.165, 1.54) is 38.5 Å². The van der Waals surface area contributed by atoms with Gasteiger partial charge in [0.05, 0.1) is 0 Å². The first kappa shape index (κ1) is 13.7. The summed E-state index contributed by atoms with van der Waals surface area (Å²) in [5, 5.41) is 0. The van der Waals surface area contributed by atoms with Gasteiger partial charge in [-0.05, 0) is 69.3 Å². The molecule has 116 valence electrons. The SMILES string of the molecule is C=CC1(OC(=O)N2CCCCC2)C2CC3CC(C2)CC1C3. The van der Waals surface area contributed by atoms with Crippen molar-refractivity contribution in [3.05, 3.63) is 12.7 Å². The van der Waals surface area contributed by atoms with E-state index in [0.29, 0.717) is 11.8 Å². The molecule has 1 saturated heterocycles. The van der Waals surface area contributed by atoms with Gasteiger partial charge in [0, 0.05) is 24.9 Å².